The SMILES string of the molecule is COC1(Br)C=CC=CC1c1ccc2cc(-c3nc4cc(C(=O)O)ccc4n3C3CCCCC3)ccc2n1. The minimum atomic E-state index is -0.937. The molecular weight excluding hydrogens is 530 g/mol. The van der Waals surface area contributed by atoms with Gasteiger partial charge >= 0.3 is 5.97 Å². The van der Waals surface area contributed by atoms with Crippen molar-refractivity contribution in [3.05, 3.63) is 84.1 Å². The summed E-state index contributed by atoms with van der Waals surface area (Å²) >= 11 is 3.73. The van der Waals surface area contributed by atoms with E-state index in [0.29, 0.717) is 6.04 Å². The highest BCUT2D eigenvalue weighted by Crippen LogP contribution is 2.41. The zero-order chi connectivity index (χ0) is 25.6. The Morgan fingerprint density at radius 1 is 1.03 bits per heavy atom. The van der Waals surface area contributed by atoms with Gasteiger partial charge in [-0.2, -0.15) is 0 Å². The van der Waals surface area contributed by atoms with Gasteiger partial charge in [-0.1, -0.05) is 43.6 Å². The van der Waals surface area contributed by atoms with Crippen LogP contribution in [0.5, 0.6) is 0 Å². The fourth-order valence-electron chi connectivity index (χ4n) is 5.69. The van der Waals surface area contributed by atoms with Crippen LogP contribution >= 0.6 is 15.9 Å². The second-order valence-electron chi connectivity index (χ2n) is 9.87. The van der Waals surface area contributed by atoms with E-state index in [1.807, 2.05) is 30.4 Å². The molecule has 4 aromatic rings. The Labute approximate surface area is 223 Å². The van der Waals surface area contributed by atoms with Crippen molar-refractivity contribution < 1.29 is 14.6 Å². The lowest BCUT2D eigenvalue weighted by molar-refractivity contribution is 0.0697. The summed E-state index contributed by atoms with van der Waals surface area (Å²) in [6.07, 6.45) is 14.0. The van der Waals surface area contributed by atoms with E-state index in [2.05, 4.69) is 50.8 Å². The summed E-state index contributed by atoms with van der Waals surface area (Å²) in [5.41, 5.74) is 4.81. The van der Waals surface area contributed by atoms with Crippen molar-refractivity contribution in [1.29, 1.82) is 0 Å². The minimum Gasteiger partial charge on any atom is -0.478 e. The number of pyridine rings is 1. The van der Waals surface area contributed by atoms with Gasteiger partial charge in [-0.3, -0.25) is 4.98 Å². The average molecular weight is 558 g/mol. The maximum atomic E-state index is 11.6. The summed E-state index contributed by atoms with van der Waals surface area (Å²) in [6, 6.07) is 16.0. The number of benzene rings is 2. The number of fused-ring (bicyclic) bond motifs is 2. The highest BCUT2D eigenvalue weighted by atomic mass is 79.9. The van der Waals surface area contributed by atoms with E-state index in [-0.39, 0.29) is 11.5 Å². The Morgan fingerprint density at radius 3 is 2.65 bits per heavy atom. The topological polar surface area (TPSA) is 77.2 Å². The monoisotopic (exact) mass is 557 g/mol. The van der Waals surface area contributed by atoms with Gasteiger partial charge in [0.25, 0.3) is 0 Å². The lowest BCUT2D eigenvalue weighted by Gasteiger charge is -2.31. The predicted octanol–water partition coefficient (Wildman–Crippen LogP) is 7.40. The number of rotatable bonds is 5. The van der Waals surface area contributed by atoms with Crippen molar-refractivity contribution in [2.24, 2.45) is 0 Å². The van der Waals surface area contributed by atoms with Crippen molar-refractivity contribution >= 4 is 43.8 Å². The van der Waals surface area contributed by atoms with Crippen molar-refractivity contribution in [2.75, 3.05) is 7.11 Å². The molecule has 6 rings (SSSR count). The molecule has 0 radical (unpaired) electrons. The molecule has 2 aliphatic rings. The van der Waals surface area contributed by atoms with Crippen LogP contribution in [0.15, 0.2) is 72.8 Å². The quantitative estimate of drug-likeness (QED) is 0.258. The van der Waals surface area contributed by atoms with Crippen molar-refractivity contribution in [3.8, 4) is 11.4 Å². The standard InChI is InChI=1S/C30H28BrN3O3/c1-37-30(31)16-6-5-9-23(30)25-14-10-19-17-20(11-13-24(19)32-25)28-33-26-18-21(29(35)36)12-15-27(26)34(28)22-7-3-2-4-8-22/h5-6,9-18,22-23H,2-4,7-8H2,1H3,(H,35,36). The first-order valence-electron chi connectivity index (χ1n) is 12.7. The molecule has 1 saturated carbocycles. The van der Waals surface area contributed by atoms with E-state index in [1.54, 1.807) is 19.2 Å². The fraction of sp³-hybridized carbons (Fsp3) is 0.300. The largest absolute Gasteiger partial charge is 0.478 e. The molecule has 1 N–H and O–H groups in total. The molecule has 2 aromatic heterocycles. The molecule has 2 aromatic carbocycles. The molecule has 2 heterocycles. The Morgan fingerprint density at radius 2 is 1.86 bits per heavy atom. The summed E-state index contributed by atoms with van der Waals surface area (Å²) < 4.78 is 7.46. The van der Waals surface area contributed by atoms with Gasteiger partial charge in [0, 0.05) is 24.1 Å². The minimum absolute atomic E-state index is 0.0505. The molecule has 0 aliphatic heterocycles. The maximum absolute atomic E-state index is 11.6. The second-order valence-corrected chi connectivity index (χ2v) is 11.1. The third-order valence-corrected chi connectivity index (χ3v) is 8.72. The summed E-state index contributed by atoms with van der Waals surface area (Å²) in [5, 5.41) is 10.5. The van der Waals surface area contributed by atoms with Crippen molar-refractivity contribution in [1.82, 2.24) is 14.5 Å². The predicted molar refractivity (Wildman–Crippen MR) is 149 cm³/mol. The molecule has 37 heavy (non-hydrogen) atoms. The molecule has 6 nitrogen and oxygen atoms in total. The van der Waals surface area contributed by atoms with Crippen LogP contribution in [0, 0.1) is 0 Å². The van der Waals surface area contributed by atoms with E-state index < -0.39 is 10.5 Å². The molecule has 0 spiro atoms. The number of halogens is 1. The first kappa shape index (κ1) is 24.1. The Hall–Kier alpha value is -3.29. The Balaban J connectivity index is 1.44. The highest BCUT2D eigenvalue weighted by molar-refractivity contribution is 9.10. The lowest BCUT2D eigenvalue weighted by atomic mass is 9.93. The molecule has 7 heteroatoms. The summed E-state index contributed by atoms with van der Waals surface area (Å²) in [6.45, 7) is 0. The van der Waals surface area contributed by atoms with Gasteiger partial charge in [-0.15, -0.1) is 0 Å². The van der Waals surface area contributed by atoms with Crippen molar-refractivity contribution in [3.63, 3.8) is 0 Å². The van der Waals surface area contributed by atoms with Gasteiger partial charge in [0.15, 0.2) is 4.51 Å². The van der Waals surface area contributed by atoms with Crippen LogP contribution in [0.2, 0.25) is 0 Å². The number of carbonyl (C=O) groups is 1. The maximum Gasteiger partial charge on any atom is 0.335 e. The molecule has 0 bridgehead atoms. The van der Waals surface area contributed by atoms with Gasteiger partial charge in [0.2, 0.25) is 0 Å². The molecule has 0 amide bonds. The number of carboxylic acids is 1. The third-order valence-electron chi connectivity index (χ3n) is 7.64. The molecule has 2 atom stereocenters. The third kappa shape index (κ3) is 4.30. The van der Waals surface area contributed by atoms with Crippen LogP contribution in [0.4, 0.5) is 0 Å². The number of hydrogen-bond acceptors (Lipinski definition) is 4. The van der Waals surface area contributed by atoms with Crippen molar-refractivity contribution in [2.45, 2.75) is 48.6 Å². The van der Waals surface area contributed by atoms with Crippen LogP contribution in [0.1, 0.15) is 60.1 Å². The molecule has 0 saturated heterocycles. The molecule has 2 aliphatic carbocycles. The van der Waals surface area contributed by atoms with Crippen LogP contribution in [0.25, 0.3) is 33.3 Å². The van der Waals surface area contributed by atoms with Gasteiger partial charge in [-0.05, 0) is 77.3 Å². The van der Waals surface area contributed by atoms with Crippen LogP contribution in [-0.4, -0.2) is 37.2 Å². The van der Waals surface area contributed by atoms with E-state index in [4.69, 9.17) is 14.7 Å². The molecule has 2 unspecified atom stereocenters. The van der Waals surface area contributed by atoms with Crippen LogP contribution < -0.4 is 0 Å². The number of alkyl halides is 1. The highest BCUT2D eigenvalue weighted by Gasteiger charge is 2.35. The number of nitrogens with zero attached hydrogens (tertiary/aromatic N) is 3. The summed E-state index contributed by atoms with van der Waals surface area (Å²) in [7, 11) is 1.69. The summed E-state index contributed by atoms with van der Waals surface area (Å²) in [4.78, 5) is 21.5. The Kier molecular flexibility index (Phi) is 6.21. The Bertz CT molecular complexity index is 1570. The number of aromatic nitrogens is 3. The van der Waals surface area contributed by atoms with E-state index >= 15 is 0 Å². The molecule has 188 valence electrons. The number of aromatic carboxylic acids is 1. The number of methoxy groups -OCH3 is 1. The number of imidazole rings is 1. The fourth-order valence-corrected chi connectivity index (χ4v) is 6.23. The first-order chi connectivity index (χ1) is 18.0. The lowest BCUT2D eigenvalue weighted by Crippen LogP contribution is -2.30. The number of carboxylic acid groups (broad SMARTS) is 1. The van der Waals surface area contributed by atoms with Gasteiger partial charge in [0.05, 0.1) is 33.7 Å². The normalized spacial score (nSPS) is 22.2. The number of allylic oxidation sites excluding steroid dienone is 2. The molecule has 1 fully saturated rings. The van der Waals surface area contributed by atoms with Gasteiger partial charge in [0.1, 0.15) is 5.82 Å². The number of hydrogen-bond donors (Lipinski definition) is 1. The summed E-state index contributed by atoms with van der Waals surface area (Å²) in [5.74, 6) is -0.104. The second kappa shape index (κ2) is 9.54. The van der Waals surface area contributed by atoms with Gasteiger partial charge in [-0.25, -0.2) is 9.78 Å². The zero-order valence-electron chi connectivity index (χ0n) is 20.6. The van der Waals surface area contributed by atoms with Crippen LogP contribution in [0.3, 0.4) is 0 Å². The first-order valence-corrected chi connectivity index (χ1v) is 13.5. The van der Waals surface area contributed by atoms with Crippen LogP contribution in [-0.2, 0) is 4.74 Å². The smallest absolute Gasteiger partial charge is 0.335 e. The van der Waals surface area contributed by atoms with E-state index in [0.717, 1.165) is 51.9 Å². The van der Waals surface area contributed by atoms with Gasteiger partial charge < -0.3 is 14.4 Å². The molecular formula is C30H28BrN3O3. The van der Waals surface area contributed by atoms with E-state index in [9.17, 15) is 9.90 Å². The zero-order valence-corrected chi connectivity index (χ0v) is 22.2. The number of ether oxygens (including phenoxy) is 1. The van der Waals surface area contributed by atoms with E-state index in [1.165, 1.54) is 19.3 Å². The average Bonchev–Trinajstić information content (AvgIpc) is 3.32.